The van der Waals surface area contributed by atoms with E-state index in [0.29, 0.717) is 12.3 Å². The van der Waals surface area contributed by atoms with Crippen molar-refractivity contribution in [3.8, 4) is 0 Å². The van der Waals surface area contributed by atoms with Gasteiger partial charge in [-0.3, -0.25) is 9.78 Å². The van der Waals surface area contributed by atoms with E-state index in [1.54, 1.807) is 12.4 Å². The molecule has 0 saturated heterocycles. The molecular weight excluding hydrogens is 210 g/mol. The van der Waals surface area contributed by atoms with Gasteiger partial charge in [0, 0.05) is 24.4 Å². The maximum atomic E-state index is 12.1. The molecule has 2 heteroatoms. The first-order valence-electron chi connectivity index (χ1n) is 6.70. The van der Waals surface area contributed by atoms with E-state index in [1.807, 2.05) is 13.0 Å². The molecule has 0 unspecified atom stereocenters. The van der Waals surface area contributed by atoms with Gasteiger partial charge in [0.25, 0.3) is 0 Å². The minimum absolute atomic E-state index is 0.271. The molecule has 2 nitrogen and oxygen atoms in total. The third-order valence-corrected chi connectivity index (χ3v) is 3.65. The molecule has 0 spiro atoms. The van der Waals surface area contributed by atoms with Crippen molar-refractivity contribution >= 4 is 5.78 Å². The molecule has 0 aliphatic heterocycles. The van der Waals surface area contributed by atoms with Crippen molar-refractivity contribution in [2.45, 2.75) is 51.9 Å². The number of aromatic nitrogens is 1. The Balaban J connectivity index is 1.96. The van der Waals surface area contributed by atoms with Crippen LogP contribution in [0.3, 0.4) is 0 Å². The predicted octanol–water partition coefficient (Wildman–Crippen LogP) is 3.93. The van der Waals surface area contributed by atoms with Crippen LogP contribution in [0.4, 0.5) is 0 Å². The van der Waals surface area contributed by atoms with Crippen molar-refractivity contribution in [2.24, 2.45) is 5.92 Å². The maximum Gasteiger partial charge on any atom is 0.164 e. The van der Waals surface area contributed by atoms with Crippen LogP contribution in [0.25, 0.3) is 0 Å². The molecule has 1 aliphatic rings. The zero-order chi connectivity index (χ0) is 12.1. The molecule has 2 rings (SSSR count). The van der Waals surface area contributed by atoms with Gasteiger partial charge in [0.05, 0.1) is 0 Å². The van der Waals surface area contributed by atoms with E-state index < -0.39 is 0 Å². The summed E-state index contributed by atoms with van der Waals surface area (Å²) in [4.78, 5) is 16.2. The molecular formula is C15H21NO. The molecule has 0 bridgehead atoms. The van der Waals surface area contributed by atoms with Gasteiger partial charge in [-0.05, 0) is 24.5 Å². The number of ketones is 1. The molecule has 1 aromatic heterocycles. The van der Waals surface area contributed by atoms with E-state index in [2.05, 4.69) is 4.98 Å². The van der Waals surface area contributed by atoms with Gasteiger partial charge in [0.1, 0.15) is 0 Å². The van der Waals surface area contributed by atoms with Crippen LogP contribution in [0.15, 0.2) is 18.5 Å². The summed E-state index contributed by atoms with van der Waals surface area (Å²) in [6.45, 7) is 1.98. The molecule has 0 radical (unpaired) electrons. The largest absolute Gasteiger partial charge is 0.294 e. The Morgan fingerprint density at radius 1 is 1.24 bits per heavy atom. The van der Waals surface area contributed by atoms with Gasteiger partial charge in [0.2, 0.25) is 0 Å². The lowest BCUT2D eigenvalue weighted by Crippen LogP contribution is -2.08. The molecule has 1 aromatic rings. The van der Waals surface area contributed by atoms with Crippen molar-refractivity contribution in [1.82, 2.24) is 4.98 Å². The third-order valence-electron chi connectivity index (χ3n) is 3.65. The van der Waals surface area contributed by atoms with Crippen molar-refractivity contribution in [2.75, 3.05) is 0 Å². The van der Waals surface area contributed by atoms with Crippen LogP contribution in [0.1, 0.15) is 60.9 Å². The highest BCUT2D eigenvalue weighted by atomic mass is 16.1. The number of pyridine rings is 1. The van der Waals surface area contributed by atoms with Gasteiger partial charge >= 0.3 is 0 Å². The third kappa shape index (κ3) is 3.65. The van der Waals surface area contributed by atoms with Crippen LogP contribution in [0.2, 0.25) is 0 Å². The van der Waals surface area contributed by atoms with E-state index in [-0.39, 0.29) is 5.78 Å². The van der Waals surface area contributed by atoms with Crippen LogP contribution in [-0.4, -0.2) is 10.8 Å². The second-order valence-electron chi connectivity index (χ2n) is 5.24. The number of Topliss-reactive ketones (excluding diaryl/α,β-unsaturated/α-hetero) is 1. The minimum Gasteiger partial charge on any atom is -0.294 e. The van der Waals surface area contributed by atoms with Gasteiger partial charge < -0.3 is 0 Å². The van der Waals surface area contributed by atoms with Crippen molar-refractivity contribution in [3.63, 3.8) is 0 Å². The second kappa shape index (κ2) is 5.95. The quantitative estimate of drug-likeness (QED) is 0.582. The SMILES string of the molecule is Cc1cncc(C(=O)CC2CCCCCC2)c1. The molecule has 1 fully saturated rings. The Kier molecular flexibility index (Phi) is 4.29. The lowest BCUT2D eigenvalue weighted by Gasteiger charge is -2.12. The van der Waals surface area contributed by atoms with Crippen molar-refractivity contribution < 1.29 is 4.79 Å². The number of aryl methyl sites for hydroxylation is 1. The first-order valence-corrected chi connectivity index (χ1v) is 6.70. The number of rotatable bonds is 3. The molecule has 1 aliphatic carbocycles. The molecule has 92 valence electrons. The van der Waals surface area contributed by atoms with Crippen LogP contribution in [-0.2, 0) is 0 Å². The number of nitrogens with zero attached hydrogens (tertiary/aromatic N) is 1. The molecule has 1 saturated carbocycles. The Morgan fingerprint density at radius 2 is 1.94 bits per heavy atom. The van der Waals surface area contributed by atoms with Crippen LogP contribution >= 0.6 is 0 Å². The van der Waals surface area contributed by atoms with Crippen molar-refractivity contribution in [1.29, 1.82) is 0 Å². The molecule has 0 atom stereocenters. The summed E-state index contributed by atoms with van der Waals surface area (Å²) in [6.07, 6.45) is 11.9. The second-order valence-corrected chi connectivity index (χ2v) is 5.24. The first kappa shape index (κ1) is 12.3. The highest BCUT2D eigenvalue weighted by Crippen LogP contribution is 2.26. The van der Waals surface area contributed by atoms with Gasteiger partial charge in [0.15, 0.2) is 5.78 Å². The average molecular weight is 231 g/mol. The Hall–Kier alpha value is -1.18. The highest BCUT2D eigenvalue weighted by molar-refractivity contribution is 5.96. The normalized spacial score (nSPS) is 17.7. The van der Waals surface area contributed by atoms with Crippen LogP contribution < -0.4 is 0 Å². The Bertz CT molecular complexity index is 378. The number of hydrogen-bond acceptors (Lipinski definition) is 2. The summed E-state index contributed by atoms with van der Waals surface area (Å²) in [5, 5.41) is 0. The summed E-state index contributed by atoms with van der Waals surface area (Å²) in [6, 6.07) is 1.95. The topological polar surface area (TPSA) is 30.0 Å². The van der Waals surface area contributed by atoms with Gasteiger partial charge in [-0.25, -0.2) is 0 Å². The molecule has 1 heterocycles. The number of hydrogen-bond donors (Lipinski definition) is 0. The molecule has 0 aromatic carbocycles. The monoisotopic (exact) mass is 231 g/mol. The van der Waals surface area contributed by atoms with E-state index in [4.69, 9.17) is 0 Å². The summed E-state index contributed by atoms with van der Waals surface area (Å²) >= 11 is 0. The summed E-state index contributed by atoms with van der Waals surface area (Å²) in [5.41, 5.74) is 1.85. The predicted molar refractivity (Wildman–Crippen MR) is 69.1 cm³/mol. The highest BCUT2D eigenvalue weighted by Gasteiger charge is 2.17. The van der Waals surface area contributed by atoms with E-state index in [9.17, 15) is 4.79 Å². The van der Waals surface area contributed by atoms with E-state index in [1.165, 1.54) is 38.5 Å². The Labute approximate surface area is 103 Å². The lowest BCUT2D eigenvalue weighted by molar-refractivity contribution is 0.0956. The average Bonchev–Trinajstić information content (AvgIpc) is 2.57. The fourth-order valence-electron chi connectivity index (χ4n) is 2.66. The van der Waals surface area contributed by atoms with Crippen molar-refractivity contribution in [3.05, 3.63) is 29.6 Å². The standard InChI is InChI=1S/C15H21NO/c1-12-8-14(11-16-10-12)15(17)9-13-6-4-2-3-5-7-13/h8,10-11,13H,2-7,9H2,1H3. The van der Waals surface area contributed by atoms with Gasteiger partial charge in [-0.2, -0.15) is 0 Å². The Morgan fingerprint density at radius 3 is 2.59 bits per heavy atom. The smallest absolute Gasteiger partial charge is 0.164 e. The number of carbonyl (C=O) groups is 1. The molecule has 0 N–H and O–H groups in total. The fourth-order valence-corrected chi connectivity index (χ4v) is 2.66. The van der Waals surface area contributed by atoms with E-state index >= 15 is 0 Å². The molecule has 0 amide bonds. The van der Waals surface area contributed by atoms with Crippen LogP contribution in [0.5, 0.6) is 0 Å². The molecule has 17 heavy (non-hydrogen) atoms. The summed E-state index contributed by atoms with van der Waals surface area (Å²) < 4.78 is 0. The fraction of sp³-hybridized carbons (Fsp3) is 0.600. The lowest BCUT2D eigenvalue weighted by atomic mass is 9.92. The van der Waals surface area contributed by atoms with Gasteiger partial charge in [-0.15, -0.1) is 0 Å². The summed E-state index contributed by atoms with van der Waals surface area (Å²) in [5.74, 6) is 0.874. The minimum atomic E-state index is 0.271. The zero-order valence-electron chi connectivity index (χ0n) is 10.6. The van der Waals surface area contributed by atoms with Gasteiger partial charge in [-0.1, -0.05) is 38.5 Å². The number of carbonyl (C=O) groups excluding carboxylic acids is 1. The summed E-state index contributed by atoms with van der Waals surface area (Å²) in [7, 11) is 0. The zero-order valence-corrected chi connectivity index (χ0v) is 10.6. The van der Waals surface area contributed by atoms with E-state index in [0.717, 1.165) is 11.1 Å². The van der Waals surface area contributed by atoms with Crippen LogP contribution in [0, 0.1) is 12.8 Å². The maximum absolute atomic E-state index is 12.1. The first-order chi connectivity index (χ1) is 8.25.